The number of rotatable bonds is 3. The molecule has 1 aliphatic rings. The Hall–Kier alpha value is -1.79. The maximum atomic E-state index is 11.8. The van der Waals surface area contributed by atoms with E-state index in [0.717, 1.165) is 18.5 Å². The van der Waals surface area contributed by atoms with E-state index in [2.05, 4.69) is 16.6 Å². The van der Waals surface area contributed by atoms with Crippen LogP contribution >= 0.6 is 0 Å². The molecular weight excluding hydrogens is 212 g/mol. The number of benzene rings is 1. The van der Waals surface area contributed by atoms with Gasteiger partial charge in [-0.2, -0.15) is 0 Å². The van der Waals surface area contributed by atoms with Crippen LogP contribution in [0.2, 0.25) is 0 Å². The Morgan fingerprint density at radius 3 is 2.82 bits per heavy atom. The number of hydrogen-bond acceptors (Lipinski definition) is 2. The summed E-state index contributed by atoms with van der Waals surface area (Å²) in [5.41, 5.74) is 1.45. The van der Waals surface area contributed by atoms with Gasteiger partial charge < -0.3 is 10.6 Å². The molecule has 1 saturated heterocycles. The Kier molecular flexibility index (Phi) is 3.79. The van der Waals surface area contributed by atoms with E-state index in [1.54, 1.807) is 24.3 Å². The van der Waals surface area contributed by atoms with E-state index in [4.69, 9.17) is 6.42 Å². The Labute approximate surface area is 102 Å². The van der Waals surface area contributed by atoms with Gasteiger partial charge in [-0.1, -0.05) is 5.92 Å². The predicted octanol–water partition coefficient (Wildman–Crippen LogP) is 1.15. The summed E-state index contributed by atoms with van der Waals surface area (Å²) in [6, 6.07) is 7.49. The number of nitrogens with one attached hydrogen (secondary N) is 2. The molecule has 3 nitrogen and oxygen atoms in total. The molecule has 1 aromatic rings. The van der Waals surface area contributed by atoms with Gasteiger partial charge in [0, 0.05) is 23.7 Å². The van der Waals surface area contributed by atoms with E-state index >= 15 is 0 Å². The van der Waals surface area contributed by atoms with E-state index in [1.807, 2.05) is 0 Å². The summed E-state index contributed by atoms with van der Waals surface area (Å²) >= 11 is 0. The molecule has 0 spiro atoms. The molecule has 3 heteroatoms. The van der Waals surface area contributed by atoms with Crippen LogP contribution in [0.3, 0.4) is 0 Å². The number of terminal acetylenes is 1. The van der Waals surface area contributed by atoms with Crippen molar-refractivity contribution in [2.75, 3.05) is 13.1 Å². The molecule has 0 aliphatic carbocycles. The van der Waals surface area contributed by atoms with Gasteiger partial charge in [-0.05, 0) is 43.7 Å². The standard InChI is InChI=1S/C14H16N2O/c1-2-11-5-7-12(8-6-11)14(17)16-10-13-4-3-9-15-13/h1,5-8,13,15H,3-4,9-10H2,(H,16,17)/t13-/m0/s1. The third-order valence-corrected chi connectivity index (χ3v) is 2.99. The minimum absolute atomic E-state index is 0.0396. The van der Waals surface area contributed by atoms with Crippen molar-refractivity contribution in [3.8, 4) is 12.3 Å². The third-order valence-electron chi connectivity index (χ3n) is 2.99. The van der Waals surface area contributed by atoms with Crippen LogP contribution in [0.25, 0.3) is 0 Å². The molecule has 1 heterocycles. The Bertz CT molecular complexity index is 425. The van der Waals surface area contributed by atoms with Crippen LogP contribution in [0.4, 0.5) is 0 Å². The first-order valence-corrected chi connectivity index (χ1v) is 5.88. The number of amides is 1. The molecule has 2 rings (SSSR count). The molecule has 0 aromatic heterocycles. The maximum Gasteiger partial charge on any atom is 0.251 e. The second-order valence-electron chi connectivity index (χ2n) is 4.22. The van der Waals surface area contributed by atoms with Gasteiger partial charge in [0.2, 0.25) is 0 Å². The molecule has 1 atom stereocenters. The van der Waals surface area contributed by atoms with Crippen molar-refractivity contribution in [2.45, 2.75) is 18.9 Å². The van der Waals surface area contributed by atoms with E-state index < -0.39 is 0 Å². The fourth-order valence-electron chi connectivity index (χ4n) is 1.97. The summed E-state index contributed by atoms with van der Waals surface area (Å²) in [6.45, 7) is 1.74. The quantitative estimate of drug-likeness (QED) is 0.762. The summed E-state index contributed by atoms with van der Waals surface area (Å²) < 4.78 is 0. The lowest BCUT2D eigenvalue weighted by Crippen LogP contribution is -2.37. The highest BCUT2D eigenvalue weighted by atomic mass is 16.1. The van der Waals surface area contributed by atoms with Gasteiger partial charge in [-0.3, -0.25) is 4.79 Å². The first kappa shape index (κ1) is 11.7. The summed E-state index contributed by atoms with van der Waals surface area (Å²) in [4.78, 5) is 11.8. The number of hydrogen-bond donors (Lipinski definition) is 2. The first-order valence-electron chi connectivity index (χ1n) is 5.88. The maximum absolute atomic E-state index is 11.8. The van der Waals surface area contributed by atoms with Crippen LogP contribution in [0.15, 0.2) is 24.3 Å². The van der Waals surface area contributed by atoms with Gasteiger partial charge in [0.25, 0.3) is 5.91 Å². The SMILES string of the molecule is C#Cc1ccc(C(=O)NC[C@@H]2CCCN2)cc1. The first-order chi connectivity index (χ1) is 8.29. The van der Waals surface area contributed by atoms with Gasteiger partial charge in [0.1, 0.15) is 0 Å². The zero-order chi connectivity index (χ0) is 12.1. The van der Waals surface area contributed by atoms with Crippen LogP contribution in [0, 0.1) is 12.3 Å². The molecule has 0 unspecified atom stereocenters. The second-order valence-corrected chi connectivity index (χ2v) is 4.22. The van der Waals surface area contributed by atoms with Gasteiger partial charge in [0.05, 0.1) is 0 Å². The lowest BCUT2D eigenvalue weighted by molar-refractivity contribution is 0.0950. The van der Waals surface area contributed by atoms with Crippen molar-refractivity contribution in [3.63, 3.8) is 0 Å². The third kappa shape index (κ3) is 3.08. The van der Waals surface area contributed by atoms with Crippen LogP contribution in [-0.4, -0.2) is 25.0 Å². The zero-order valence-electron chi connectivity index (χ0n) is 9.70. The van der Waals surface area contributed by atoms with Crippen molar-refractivity contribution in [1.29, 1.82) is 0 Å². The van der Waals surface area contributed by atoms with Crippen molar-refractivity contribution in [1.82, 2.24) is 10.6 Å². The highest BCUT2D eigenvalue weighted by Crippen LogP contribution is 2.05. The molecule has 17 heavy (non-hydrogen) atoms. The van der Waals surface area contributed by atoms with E-state index in [0.29, 0.717) is 18.2 Å². The van der Waals surface area contributed by atoms with Crippen molar-refractivity contribution >= 4 is 5.91 Å². The molecule has 2 N–H and O–H groups in total. The van der Waals surface area contributed by atoms with Crippen LogP contribution in [0.5, 0.6) is 0 Å². The molecule has 88 valence electrons. The molecule has 0 bridgehead atoms. The molecule has 1 fully saturated rings. The molecule has 0 saturated carbocycles. The highest BCUT2D eigenvalue weighted by molar-refractivity contribution is 5.94. The minimum atomic E-state index is -0.0396. The van der Waals surface area contributed by atoms with Crippen molar-refractivity contribution in [3.05, 3.63) is 35.4 Å². The molecule has 0 radical (unpaired) electrons. The van der Waals surface area contributed by atoms with Crippen molar-refractivity contribution in [2.24, 2.45) is 0 Å². The monoisotopic (exact) mass is 228 g/mol. The number of carbonyl (C=O) groups excluding carboxylic acids is 1. The van der Waals surface area contributed by atoms with Crippen LogP contribution in [-0.2, 0) is 0 Å². The highest BCUT2D eigenvalue weighted by Gasteiger charge is 2.14. The molecular formula is C14H16N2O. The number of carbonyl (C=O) groups is 1. The summed E-state index contributed by atoms with van der Waals surface area (Å²) in [7, 11) is 0. The smallest absolute Gasteiger partial charge is 0.251 e. The second kappa shape index (κ2) is 5.51. The topological polar surface area (TPSA) is 41.1 Å². The Balaban J connectivity index is 1.88. The van der Waals surface area contributed by atoms with Crippen molar-refractivity contribution < 1.29 is 4.79 Å². The van der Waals surface area contributed by atoms with Gasteiger partial charge in [0.15, 0.2) is 0 Å². The normalized spacial score (nSPS) is 18.6. The average molecular weight is 228 g/mol. The fourth-order valence-corrected chi connectivity index (χ4v) is 1.97. The Morgan fingerprint density at radius 2 is 2.24 bits per heavy atom. The lowest BCUT2D eigenvalue weighted by Gasteiger charge is -2.11. The van der Waals surface area contributed by atoms with Crippen LogP contribution in [0.1, 0.15) is 28.8 Å². The lowest BCUT2D eigenvalue weighted by atomic mass is 10.1. The van der Waals surface area contributed by atoms with E-state index in [1.165, 1.54) is 6.42 Å². The summed E-state index contributed by atoms with van der Waals surface area (Å²) in [5, 5.41) is 6.27. The average Bonchev–Trinajstić information content (AvgIpc) is 2.89. The van der Waals surface area contributed by atoms with Gasteiger partial charge in [-0.15, -0.1) is 6.42 Å². The predicted molar refractivity (Wildman–Crippen MR) is 67.7 cm³/mol. The molecule has 1 amide bonds. The van der Waals surface area contributed by atoms with Crippen LogP contribution < -0.4 is 10.6 Å². The fraction of sp³-hybridized carbons (Fsp3) is 0.357. The van der Waals surface area contributed by atoms with E-state index in [-0.39, 0.29) is 5.91 Å². The van der Waals surface area contributed by atoms with Gasteiger partial charge >= 0.3 is 0 Å². The Morgan fingerprint density at radius 1 is 1.47 bits per heavy atom. The summed E-state index contributed by atoms with van der Waals surface area (Å²) in [5.74, 6) is 2.49. The van der Waals surface area contributed by atoms with E-state index in [9.17, 15) is 4.79 Å². The molecule has 1 aromatic carbocycles. The van der Waals surface area contributed by atoms with Gasteiger partial charge in [-0.25, -0.2) is 0 Å². The molecule has 1 aliphatic heterocycles. The minimum Gasteiger partial charge on any atom is -0.350 e. The summed E-state index contributed by atoms with van der Waals surface area (Å²) in [6.07, 6.45) is 7.59. The zero-order valence-corrected chi connectivity index (χ0v) is 9.70. The largest absolute Gasteiger partial charge is 0.350 e.